The van der Waals surface area contributed by atoms with Gasteiger partial charge in [0.15, 0.2) is 0 Å². The third-order valence-electron chi connectivity index (χ3n) is 5.75. The van der Waals surface area contributed by atoms with Gasteiger partial charge in [0.2, 0.25) is 0 Å². The molecule has 0 radical (unpaired) electrons. The molecule has 6 nitrogen and oxygen atoms in total. The fourth-order valence-corrected chi connectivity index (χ4v) is 3.76. The smallest absolute Gasteiger partial charge is 0.259 e. The molecule has 2 N–H and O–H groups in total. The average molecular weight is 446 g/mol. The molecule has 1 aliphatic heterocycles. The molecule has 1 aromatic carbocycles. The number of likely N-dealkylation sites (N-methyl/N-ethyl adjacent to an activating group) is 1. The number of nitrogens with two attached hydrogens (primary N) is 1. The molecule has 0 saturated carbocycles. The van der Waals surface area contributed by atoms with Gasteiger partial charge < -0.3 is 20.1 Å². The molecule has 174 valence electrons. The molecule has 2 aromatic rings. The minimum atomic E-state index is -0.731. The molecule has 6 heteroatoms. The highest BCUT2D eigenvalue weighted by atomic mass is 16.1. The molecular formula is C27H35N5O. The predicted molar refractivity (Wildman–Crippen MR) is 137 cm³/mol. The summed E-state index contributed by atoms with van der Waals surface area (Å²) < 4.78 is 1.93. The van der Waals surface area contributed by atoms with Crippen molar-refractivity contribution in [2.24, 2.45) is 12.8 Å². The van der Waals surface area contributed by atoms with Gasteiger partial charge in [0.1, 0.15) is 11.6 Å². The molecule has 1 amide bonds. The van der Waals surface area contributed by atoms with Crippen molar-refractivity contribution in [1.82, 2.24) is 14.4 Å². The molecule has 1 fully saturated rings. The van der Waals surface area contributed by atoms with Crippen molar-refractivity contribution >= 4 is 24.6 Å². The lowest BCUT2D eigenvalue weighted by Crippen LogP contribution is -2.43. The summed E-state index contributed by atoms with van der Waals surface area (Å²) in [6.07, 6.45) is 5.86. The Hall–Kier alpha value is -3.56. The van der Waals surface area contributed by atoms with Crippen molar-refractivity contribution in [1.29, 1.82) is 5.26 Å². The number of primary amides is 1. The van der Waals surface area contributed by atoms with Gasteiger partial charge in [-0.05, 0) is 60.3 Å². The van der Waals surface area contributed by atoms with E-state index in [0.717, 1.165) is 53.6 Å². The Morgan fingerprint density at radius 2 is 1.79 bits per heavy atom. The number of nitriles is 1. The molecular weight excluding hydrogens is 410 g/mol. The van der Waals surface area contributed by atoms with Crippen LogP contribution < -0.4 is 16.2 Å². The van der Waals surface area contributed by atoms with Gasteiger partial charge in [-0.1, -0.05) is 38.6 Å². The number of aromatic nitrogens is 1. The van der Waals surface area contributed by atoms with E-state index in [2.05, 4.69) is 60.7 Å². The van der Waals surface area contributed by atoms with E-state index in [1.165, 1.54) is 11.8 Å². The highest BCUT2D eigenvalue weighted by Crippen LogP contribution is 2.21. The fourth-order valence-electron chi connectivity index (χ4n) is 3.76. The first-order valence-electron chi connectivity index (χ1n) is 11.3. The molecule has 0 aliphatic carbocycles. The minimum absolute atomic E-state index is 0.0710. The lowest BCUT2D eigenvalue weighted by atomic mass is 10.1. The summed E-state index contributed by atoms with van der Waals surface area (Å²) in [5.74, 6) is -0.731. The van der Waals surface area contributed by atoms with E-state index in [9.17, 15) is 4.79 Å². The maximum Gasteiger partial charge on any atom is 0.259 e. The van der Waals surface area contributed by atoms with E-state index < -0.39 is 5.91 Å². The van der Waals surface area contributed by atoms with E-state index in [1.807, 2.05) is 43.7 Å². The highest BCUT2D eigenvalue weighted by Gasteiger charge is 2.14. The van der Waals surface area contributed by atoms with Crippen molar-refractivity contribution in [2.45, 2.75) is 20.8 Å². The molecule has 0 spiro atoms. The fraction of sp³-hybridized carbons (Fsp3) is 0.333. The van der Waals surface area contributed by atoms with Crippen LogP contribution in [0.25, 0.3) is 30.0 Å². The van der Waals surface area contributed by atoms with E-state index in [0.29, 0.717) is 0 Å². The summed E-state index contributed by atoms with van der Waals surface area (Å²) >= 11 is 0. The van der Waals surface area contributed by atoms with Crippen LogP contribution in [0.3, 0.4) is 0 Å². The molecule has 0 bridgehead atoms. The topological polar surface area (TPSA) is 78.3 Å². The first kappa shape index (κ1) is 25.7. The van der Waals surface area contributed by atoms with Crippen LogP contribution in [0.15, 0.2) is 47.7 Å². The number of carbonyl (C=O) groups excluding carboxylic acids is 1. The highest BCUT2D eigenvalue weighted by molar-refractivity contribution is 6.00. The predicted octanol–water partition coefficient (Wildman–Crippen LogP) is 2.45. The number of rotatable bonds is 5. The first-order valence-corrected chi connectivity index (χ1v) is 11.3. The second-order valence-corrected chi connectivity index (χ2v) is 7.80. The monoisotopic (exact) mass is 445 g/mol. The number of carbonyl (C=O) groups is 1. The SMILES string of the molecule is C=c1cc(-c2ccc(/C=C(\C#N)C(N)=O)n2C)cc/c1=C/C(=C\C)N1CCN(C)CC1.CC. The average Bonchev–Trinajstić information content (AvgIpc) is 3.18. The molecule has 0 unspecified atom stereocenters. The van der Waals surface area contributed by atoms with Crippen molar-refractivity contribution in [3.05, 3.63) is 63.8 Å². The number of hydrogen-bond acceptors (Lipinski definition) is 4. The van der Waals surface area contributed by atoms with Gasteiger partial charge in [-0.2, -0.15) is 5.26 Å². The third kappa shape index (κ3) is 6.24. The largest absolute Gasteiger partial charge is 0.369 e. The molecule has 1 saturated heterocycles. The van der Waals surface area contributed by atoms with Crippen molar-refractivity contribution in [3.8, 4) is 17.3 Å². The van der Waals surface area contributed by atoms with Gasteiger partial charge in [-0.3, -0.25) is 4.79 Å². The van der Waals surface area contributed by atoms with E-state index in [4.69, 9.17) is 11.0 Å². The van der Waals surface area contributed by atoms with Crippen LogP contribution in [0.5, 0.6) is 0 Å². The Labute approximate surface area is 197 Å². The zero-order chi connectivity index (χ0) is 24.5. The number of benzene rings is 1. The van der Waals surface area contributed by atoms with E-state index >= 15 is 0 Å². The van der Waals surface area contributed by atoms with Crippen LogP contribution in [-0.4, -0.2) is 53.5 Å². The molecule has 0 atom stereocenters. The van der Waals surface area contributed by atoms with Gasteiger partial charge in [0, 0.05) is 50.3 Å². The Morgan fingerprint density at radius 1 is 1.12 bits per heavy atom. The Kier molecular flexibility index (Phi) is 9.26. The number of hydrogen-bond donors (Lipinski definition) is 1. The Morgan fingerprint density at radius 3 is 2.33 bits per heavy atom. The quantitative estimate of drug-likeness (QED) is 0.566. The van der Waals surface area contributed by atoms with E-state index in [1.54, 1.807) is 0 Å². The third-order valence-corrected chi connectivity index (χ3v) is 5.75. The molecule has 1 aromatic heterocycles. The summed E-state index contributed by atoms with van der Waals surface area (Å²) in [5, 5.41) is 11.1. The molecule has 33 heavy (non-hydrogen) atoms. The van der Waals surface area contributed by atoms with Crippen LogP contribution in [0, 0.1) is 11.3 Å². The normalized spacial score (nSPS) is 15.6. The molecule has 2 heterocycles. The number of amides is 1. The summed E-state index contributed by atoms with van der Waals surface area (Å²) in [6, 6.07) is 11.9. The maximum absolute atomic E-state index is 11.3. The van der Waals surface area contributed by atoms with Crippen LogP contribution in [0.1, 0.15) is 26.5 Å². The zero-order valence-electron chi connectivity index (χ0n) is 20.4. The lowest BCUT2D eigenvalue weighted by Gasteiger charge is -2.34. The zero-order valence-corrected chi connectivity index (χ0v) is 20.4. The van der Waals surface area contributed by atoms with Gasteiger partial charge in [-0.15, -0.1) is 0 Å². The van der Waals surface area contributed by atoms with Crippen molar-refractivity contribution in [3.63, 3.8) is 0 Å². The summed E-state index contributed by atoms with van der Waals surface area (Å²) in [4.78, 5) is 16.1. The van der Waals surface area contributed by atoms with Crippen molar-refractivity contribution < 1.29 is 4.79 Å². The van der Waals surface area contributed by atoms with Crippen molar-refractivity contribution in [2.75, 3.05) is 33.2 Å². The van der Waals surface area contributed by atoms with E-state index in [-0.39, 0.29) is 5.57 Å². The summed E-state index contributed by atoms with van der Waals surface area (Å²) in [5.41, 5.74) is 9.11. The van der Waals surface area contributed by atoms with Gasteiger partial charge in [0.25, 0.3) is 5.91 Å². The van der Waals surface area contributed by atoms with Gasteiger partial charge in [0.05, 0.1) is 0 Å². The van der Waals surface area contributed by atoms with Crippen LogP contribution >= 0.6 is 0 Å². The second kappa shape index (κ2) is 11.9. The summed E-state index contributed by atoms with van der Waals surface area (Å²) in [6.45, 7) is 14.5. The first-order chi connectivity index (χ1) is 15.8. The standard InChI is InChI=1S/C25H29N5O.C2H6/c1-5-22(30-12-10-28(3)11-13-30)15-19-6-7-20(14-18(19)2)24-9-8-23(29(24)4)16-21(17-26)25(27)31;1-2/h5-9,14-16H,2,10-13H2,1,3-4H3,(H2,27,31);1-2H3/b19-15-,21-16+,22-5+;. The molecule has 3 rings (SSSR count). The van der Waals surface area contributed by atoms with Crippen LogP contribution in [0.2, 0.25) is 0 Å². The Bertz CT molecular complexity index is 1190. The number of nitrogens with zero attached hydrogens (tertiary/aromatic N) is 4. The summed E-state index contributed by atoms with van der Waals surface area (Å²) in [7, 11) is 4.05. The Balaban J connectivity index is 0.00000187. The van der Waals surface area contributed by atoms with Gasteiger partial charge >= 0.3 is 0 Å². The number of piperazine rings is 1. The van der Waals surface area contributed by atoms with Gasteiger partial charge in [-0.25, -0.2) is 0 Å². The minimum Gasteiger partial charge on any atom is -0.369 e. The van der Waals surface area contributed by atoms with Crippen LogP contribution in [0.4, 0.5) is 0 Å². The lowest BCUT2D eigenvalue weighted by molar-refractivity contribution is -0.114. The maximum atomic E-state index is 11.3. The van der Waals surface area contributed by atoms with Crippen LogP contribution in [-0.2, 0) is 11.8 Å². The molecule has 1 aliphatic rings. The second-order valence-electron chi connectivity index (χ2n) is 7.80. The number of allylic oxidation sites excluding steroid dienone is 2.